The normalized spacial score (nSPS) is 20.3. The number of hydrogen-bond acceptors (Lipinski definition) is 3. The molecule has 144 valence electrons. The molecule has 1 saturated carbocycles. The van der Waals surface area contributed by atoms with Gasteiger partial charge in [0.2, 0.25) is 15.9 Å². The van der Waals surface area contributed by atoms with Crippen LogP contribution in [-0.2, 0) is 14.8 Å². The van der Waals surface area contributed by atoms with Crippen molar-refractivity contribution in [3.8, 4) is 0 Å². The van der Waals surface area contributed by atoms with Crippen molar-refractivity contribution in [1.82, 2.24) is 9.21 Å². The van der Waals surface area contributed by atoms with E-state index in [9.17, 15) is 13.2 Å². The number of nitrogens with zero attached hydrogens (tertiary/aromatic N) is 2. The van der Waals surface area contributed by atoms with E-state index in [1.54, 1.807) is 11.0 Å². The van der Waals surface area contributed by atoms with Crippen molar-refractivity contribution >= 4 is 39.1 Å². The molecular weight excluding hydrogens is 395 g/mol. The lowest BCUT2D eigenvalue weighted by Gasteiger charge is -2.35. The highest BCUT2D eigenvalue weighted by Gasteiger charge is 2.32. The maximum atomic E-state index is 12.8. The van der Waals surface area contributed by atoms with Gasteiger partial charge >= 0.3 is 0 Å². The van der Waals surface area contributed by atoms with Crippen LogP contribution in [0.1, 0.15) is 38.5 Å². The third-order valence-corrected chi connectivity index (χ3v) is 7.91. The summed E-state index contributed by atoms with van der Waals surface area (Å²) in [5, 5.41) is 0.486. The van der Waals surface area contributed by atoms with Gasteiger partial charge in [0.1, 0.15) is 4.90 Å². The van der Waals surface area contributed by atoms with Gasteiger partial charge in [-0.2, -0.15) is 4.31 Å². The van der Waals surface area contributed by atoms with Crippen molar-refractivity contribution in [2.75, 3.05) is 26.2 Å². The lowest BCUT2D eigenvalue weighted by atomic mass is 9.86. The summed E-state index contributed by atoms with van der Waals surface area (Å²) >= 11 is 12.0. The molecule has 5 nitrogen and oxygen atoms in total. The van der Waals surface area contributed by atoms with E-state index >= 15 is 0 Å². The summed E-state index contributed by atoms with van der Waals surface area (Å²) in [6, 6.07) is 4.42. The van der Waals surface area contributed by atoms with Crippen molar-refractivity contribution in [1.29, 1.82) is 0 Å². The molecule has 1 aliphatic carbocycles. The number of amides is 1. The summed E-state index contributed by atoms with van der Waals surface area (Å²) in [5.41, 5.74) is 0. The quantitative estimate of drug-likeness (QED) is 0.746. The van der Waals surface area contributed by atoms with Gasteiger partial charge in [-0.3, -0.25) is 4.79 Å². The van der Waals surface area contributed by atoms with Crippen LogP contribution in [0.15, 0.2) is 23.1 Å². The molecule has 1 aliphatic heterocycles. The predicted molar refractivity (Wildman–Crippen MR) is 103 cm³/mol. The topological polar surface area (TPSA) is 57.7 Å². The summed E-state index contributed by atoms with van der Waals surface area (Å²) in [4.78, 5) is 14.3. The van der Waals surface area contributed by atoms with Crippen LogP contribution in [-0.4, -0.2) is 49.7 Å². The molecule has 0 atom stereocenters. The molecule has 0 unspecified atom stereocenters. The number of halogens is 2. The molecule has 1 aromatic rings. The molecule has 26 heavy (non-hydrogen) atoms. The zero-order valence-electron chi connectivity index (χ0n) is 14.7. The molecule has 1 amide bonds. The fourth-order valence-electron chi connectivity index (χ4n) is 3.76. The van der Waals surface area contributed by atoms with E-state index in [0.29, 0.717) is 30.5 Å². The molecule has 1 saturated heterocycles. The van der Waals surface area contributed by atoms with Crippen LogP contribution in [0, 0.1) is 5.92 Å². The van der Waals surface area contributed by atoms with Gasteiger partial charge in [-0.1, -0.05) is 42.5 Å². The first-order valence-electron chi connectivity index (χ1n) is 9.11. The van der Waals surface area contributed by atoms with E-state index in [-0.39, 0.29) is 28.9 Å². The number of piperazine rings is 1. The highest BCUT2D eigenvalue weighted by molar-refractivity contribution is 7.89. The molecule has 2 aliphatic rings. The lowest BCUT2D eigenvalue weighted by Crippen LogP contribution is -2.50. The minimum atomic E-state index is -3.71. The van der Waals surface area contributed by atoms with Gasteiger partial charge in [0.15, 0.2) is 0 Å². The molecule has 8 heteroatoms. The molecule has 0 radical (unpaired) electrons. The zero-order valence-corrected chi connectivity index (χ0v) is 17.0. The van der Waals surface area contributed by atoms with E-state index in [4.69, 9.17) is 23.2 Å². The van der Waals surface area contributed by atoms with Gasteiger partial charge in [0.25, 0.3) is 0 Å². The number of benzene rings is 1. The van der Waals surface area contributed by atoms with E-state index in [0.717, 1.165) is 12.8 Å². The van der Waals surface area contributed by atoms with Crippen LogP contribution < -0.4 is 0 Å². The molecule has 0 spiro atoms. The summed E-state index contributed by atoms with van der Waals surface area (Å²) in [6.45, 7) is 1.40. The van der Waals surface area contributed by atoms with Crippen molar-refractivity contribution in [2.45, 2.75) is 43.4 Å². The molecule has 2 fully saturated rings. The summed E-state index contributed by atoms with van der Waals surface area (Å²) in [6.07, 6.45) is 6.55. The Hall–Kier alpha value is -0.820. The van der Waals surface area contributed by atoms with Crippen molar-refractivity contribution in [3.63, 3.8) is 0 Å². The van der Waals surface area contributed by atoms with E-state index in [1.165, 1.54) is 35.7 Å². The molecule has 3 rings (SSSR count). The Balaban J connectivity index is 1.60. The second-order valence-electron chi connectivity index (χ2n) is 7.07. The molecular formula is C18H24Cl2N2O3S. The molecule has 1 aromatic carbocycles. The lowest BCUT2D eigenvalue weighted by molar-refractivity contribution is -0.133. The van der Waals surface area contributed by atoms with Crippen LogP contribution >= 0.6 is 23.2 Å². The Morgan fingerprint density at radius 2 is 1.69 bits per heavy atom. The predicted octanol–water partition coefficient (Wildman–Crippen LogP) is 3.80. The number of sulfonamides is 1. The van der Waals surface area contributed by atoms with E-state index in [2.05, 4.69) is 0 Å². The Labute approximate surface area is 165 Å². The first kappa shape index (κ1) is 19.9. The largest absolute Gasteiger partial charge is 0.340 e. The molecule has 0 bridgehead atoms. The smallest absolute Gasteiger partial charge is 0.244 e. The Morgan fingerprint density at radius 1 is 1.04 bits per heavy atom. The third-order valence-electron chi connectivity index (χ3n) is 5.29. The molecule has 0 aromatic heterocycles. The number of carbonyl (C=O) groups is 1. The average Bonchev–Trinajstić information content (AvgIpc) is 2.64. The second kappa shape index (κ2) is 8.46. The Kier molecular flexibility index (Phi) is 6.49. The third kappa shape index (κ3) is 4.53. The minimum Gasteiger partial charge on any atom is -0.340 e. The molecule has 1 heterocycles. The van der Waals surface area contributed by atoms with Gasteiger partial charge in [-0.05, 0) is 37.0 Å². The summed E-state index contributed by atoms with van der Waals surface area (Å²) in [7, 11) is -3.71. The van der Waals surface area contributed by atoms with Gasteiger partial charge in [-0.25, -0.2) is 8.42 Å². The van der Waals surface area contributed by atoms with Gasteiger partial charge < -0.3 is 4.90 Å². The van der Waals surface area contributed by atoms with E-state index < -0.39 is 10.0 Å². The number of carbonyl (C=O) groups excluding carboxylic acids is 1. The average molecular weight is 419 g/mol. The summed E-state index contributed by atoms with van der Waals surface area (Å²) < 4.78 is 27.1. The SMILES string of the molecule is O=C(CC1CCCCC1)N1CCN(S(=O)(=O)c2cc(Cl)ccc2Cl)CC1. The fourth-order valence-corrected chi connectivity index (χ4v) is 5.92. The maximum absolute atomic E-state index is 12.8. The second-order valence-corrected chi connectivity index (χ2v) is 9.82. The minimum absolute atomic E-state index is 0.0219. The Bertz CT molecular complexity index is 756. The monoisotopic (exact) mass is 418 g/mol. The van der Waals surface area contributed by atoms with E-state index in [1.807, 2.05) is 0 Å². The first-order chi connectivity index (χ1) is 12.4. The van der Waals surface area contributed by atoms with Crippen LogP contribution in [0.5, 0.6) is 0 Å². The van der Waals surface area contributed by atoms with Crippen LogP contribution in [0.3, 0.4) is 0 Å². The van der Waals surface area contributed by atoms with Gasteiger partial charge in [0, 0.05) is 37.6 Å². The zero-order chi connectivity index (χ0) is 18.7. The van der Waals surface area contributed by atoms with Gasteiger partial charge in [0.05, 0.1) is 5.02 Å². The number of hydrogen-bond donors (Lipinski definition) is 0. The Morgan fingerprint density at radius 3 is 2.35 bits per heavy atom. The van der Waals surface area contributed by atoms with Crippen molar-refractivity contribution in [2.24, 2.45) is 5.92 Å². The van der Waals surface area contributed by atoms with Gasteiger partial charge in [-0.15, -0.1) is 0 Å². The highest BCUT2D eigenvalue weighted by atomic mass is 35.5. The summed E-state index contributed by atoms with van der Waals surface area (Å²) in [5.74, 6) is 0.637. The number of rotatable bonds is 4. The highest BCUT2D eigenvalue weighted by Crippen LogP contribution is 2.29. The fraction of sp³-hybridized carbons (Fsp3) is 0.611. The van der Waals surface area contributed by atoms with Crippen molar-refractivity contribution < 1.29 is 13.2 Å². The standard InChI is InChI=1S/C18H24Cl2N2O3S/c19-15-6-7-16(20)17(13-15)26(24,25)22-10-8-21(9-11-22)18(23)12-14-4-2-1-3-5-14/h6-7,13-14H,1-5,8-12H2. The maximum Gasteiger partial charge on any atom is 0.244 e. The van der Waals surface area contributed by atoms with Crippen LogP contribution in [0.25, 0.3) is 0 Å². The van der Waals surface area contributed by atoms with Crippen molar-refractivity contribution in [3.05, 3.63) is 28.2 Å². The molecule has 0 N–H and O–H groups in total. The van der Waals surface area contributed by atoms with Crippen LogP contribution in [0.4, 0.5) is 0 Å². The first-order valence-corrected chi connectivity index (χ1v) is 11.3. The van der Waals surface area contributed by atoms with Crippen LogP contribution in [0.2, 0.25) is 10.0 Å².